The van der Waals surface area contributed by atoms with Crippen LogP contribution in [0.2, 0.25) is 0 Å². The molecule has 2 amide bonds. The zero-order valence-electron chi connectivity index (χ0n) is 11.1. The molecule has 2 saturated heterocycles. The van der Waals surface area contributed by atoms with Crippen LogP contribution in [0.1, 0.15) is 25.7 Å². The fourth-order valence-corrected chi connectivity index (χ4v) is 2.86. The molecule has 19 heavy (non-hydrogen) atoms. The molecule has 2 rings (SSSR count). The Kier molecular flexibility index (Phi) is 4.63. The van der Waals surface area contributed by atoms with Crippen LogP contribution in [0.4, 0.5) is 4.79 Å². The van der Waals surface area contributed by atoms with Gasteiger partial charge in [0.15, 0.2) is 0 Å². The van der Waals surface area contributed by atoms with Crippen LogP contribution in [0.25, 0.3) is 0 Å². The number of aliphatic carboxylic acids is 1. The summed E-state index contributed by atoms with van der Waals surface area (Å²) in [5, 5.41) is 18.1. The van der Waals surface area contributed by atoms with E-state index >= 15 is 0 Å². The molecule has 6 nitrogen and oxygen atoms in total. The van der Waals surface area contributed by atoms with Crippen molar-refractivity contribution < 1.29 is 19.8 Å². The van der Waals surface area contributed by atoms with Crippen molar-refractivity contribution in [1.82, 2.24) is 9.80 Å². The number of aliphatic hydroxyl groups excluding tert-OH is 1. The minimum atomic E-state index is -0.809. The molecule has 2 N–H and O–H groups in total. The number of likely N-dealkylation sites (tertiary alicyclic amines) is 2. The molecule has 0 aromatic carbocycles. The standard InChI is InChI=1S/C13H22N2O4/c16-9-10-3-6-14(7-4-10)13(19)15-5-1-2-11(8-15)12(17)18/h10-11,16H,1-9H2,(H,17,18)/t11-/m1/s1. The summed E-state index contributed by atoms with van der Waals surface area (Å²) in [6.45, 7) is 2.50. The second kappa shape index (κ2) is 6.23. The predicted molar refractivity (Wildman–Crippen MR) is 68.7 cm³/mol. The lowest BCUT2D eigenvalue weighted by Crippen LogP contribution is -2.51. The van der Waals surface area contributed by atoms with E-state index < -0.39 is 11.9 Å². The van der Waals surface area contributed by atoms with Gasteiger partial charge in [0.25, 0.3) is 0 Å². The molecule has 0 unspecified atom stereocenters. The average molecular weight is 270 g/mol. The van der Waals surface area contributed by atoms with Crippen molar-refractivity contribution in [2.45, 2.75) is 25.7 Å². The monoisotopic (exact) mass is 270 g/mol. The molecule has 0 aromatic rings. The van der Waals surface area contributed by atoms with Crippen molar-refractivity contribution in [1.29, 1.82) is 0 Å². The largest absolute Gasteiger partial charge is 0.481 e. The third-order valence-electron chi connectivity index (χ3n) is 4.18. The number of nitrogens with zero attached hydrogens (tertiary/aromatic N) is 2. The molecule has 1 atom stereocenters. The maximum absolute atomic E-state index is 12.3. The number of hydrogen-bond acceptors (Lipinski definition) is 3. The van der Waals surface area contributed by atoms with E-state index in [0.717, 1.165) is 19.3 Å². The molecular weight excluding hydrogens is 248 g/mol. The van der Waals surface area contributed by atoms with Gasteiger partial charge in [0.05, 0.1) is 5.92 Å². The number of carbonyl (C=O) groups excluding carboxylic acids is 1. The van der Waals surface area contributed by atoms with Crippen LogP contribution in [0.15, 0.2) is 0 Å². The molecule has 0 aliphatic carbocycles. The highest BCUT2D eigenvalue weighted by molar-refractivity contribution is 5.76. The lowest BCUT2D eigenvalue weighted by atomic mass is 9.97. The second-order valence-electron chi connectivity index (χ2n) is 5.52. The molecule has 0 spiro atoms. The summed E-state index contributed by atoms with van der Waals surface area (Å²) in [5.41, 5.74) is 0. The molecule has 2 heterocycles. The Labute approximate surface area is 113 Å². The molecule has 0 bridgehead atoms. The van der Waals surface area contributed by atoms with E-state index in [4.69, 9.17) is 10.2 Å². The van der Waals surface area contributed by atoms with Gasteiger partial charge in [-0.1, -0.05) is 0 Å². The number of carbonyl (C=O) groups is 2. The Morgan fingerprint density at radius 2 is 1.74 bits per heavy atom. The van der Waals surface area contributed by atoms with Crippen LogP contribution < -0.4 is 0 Å². The first-order valence-corrected chi connectivity index (χ1v) is 6.99. The Morgan fingerprint density at radius 1 is 1.05 bits per heavy atom. The SMILES string of the molecule is O=C(O)[C@@H]1CCCN(C(=O)N2CCC(CO)CC2)C1. The van der Waals surface area contributed by atoms with Gasteiger partial charge in [-0.3, -0.25) is 4.79 Å². The molecule has 2 fully saturated rings. The second-order valence-corrected chi connectivity index (χ2v) is 5.52. The molecular formula is C13H22N2O4. The molecule has 0 aromatic heterocycles. The van der Waals surface area contributed by atoms with Gasteiger partial charge >= 0.3 is 12.0 Å². The third kappa shape index (κ3) is 3.37. The average Bonchev–Trinajstić information content (AvgIpc) is 2.46. The number of amides is 2. The summed E-state index contributed by atoms with van der Waals surface area (Å²) in [5.74, 6) is -0.929. The lowest BCUT2D eigenvalue weighted by molar-refractivity contribution is -0.143. The van der Waals surface area contributed by atoms with Crippen LogP contribution in [0.5, 0.6) is 0 Å². The zero-order valence-corrected chi connectivity index (χ0v) is 11.1. The molecule has 0 radical (unpaired) electrons. The number of piperidine rings is 2. The zero-order chi connectivity index (χ0) is 13.8. The van der Waals surface area contributed by atoms with E-state index in [1.54, 1.807) is 9.80 Å². The van der Waals surface area contributed by atoms with Gasteiger partial charge in [-0.25, -0.2) is 4.79 Å². The minimum absolute atomic E-state index is 0.0395. The van der Waals surface area contributed by atoms with Gasteiger partial charge in [-0.05, 0) is 31.6 Å². The normalized spacial score (nSPS) is 25.4. The Balaban J connectivity index is 1.87. The third-order valence-corrected chi connectivity index (χ3v) is 4.18. The molecule has 0 saturated carbocycles. The van der Waals surface area contributed by atoms with Crippen molar-refractivity contribution in [3.63, 3.8) is 0 Å². The molecule has 108 valence electrons. The first-order valence-electron chi connectivity index (χ1n) is 6.99. The summed E-state index contributed by atoms with van der Waals surface area (Å²) in [4.78, 5) is 26.8. The summed E-state index contributed by atoms with van der Waals surface area (Å²) >= 11 is 0. The maximum atomic E-state index is 12.3. The fraction of sp³-hybridized carbons (Fsp3) is 0.846. The van der Waals surface area contributed by atoms with E-state index in [0.29, 0.717) is 38.5 Å². The van der Waals surface area contributed by atoms with Gasteiger partial charge in [0, 0.05) is 32.8 Å². The van der Waals surface area contributed by atoms with E-state index in [1.807, 2.05) is 0 Å². The van der Waals surface area contributed by atoms with Crippen molar-refractivity contribution in [2.24, 2.45) is 11.8 Å². The van der Waals surface area contributed by atoms with E-state index in [2.05, 4.69) is 0 Å². The van der Waals surface area contributed by atoms with Gasteiger partial charge < -0.3 is 20.0 Å². The number of carboxylic acids is 1. The van der Waals surface area contributed by atoms with E-state index in [-0.39, 0.29) is 12.6 Å². The highest BCUT2D eigenvalue weighted by Crippen LogP contribution is 2.21. The van der Waals surface area contributed by atoms with Crippen LogP contribution in [0, 0.1) is 11.8 Å². The molecule has 2 aliphatic heterocycles. The van der Waals surface area contributed by atoms with Gasteiger partial charge in [-0.2, -0.15) is 0 Å². The molecule has 6 heteroatoms. The number of urea groups is 1. The summed E-state index contributed by atoms with van der Waals surface area (Å²) in [6, 6.07) is -0.0395. The Morgan fingerprint density at radius 3 is 2.32 bits per heavy atom. The van der Waals surface area contributed by atoms with Crippen molar-refractivity contribution in [2.75, 3.05) is 32.8 Å². The first kappa shape index (κ1) is 14.1. The van der Waals surface area contributed by atoms with Gasteiger partial charge in [-0.15, -0.1) is 0 Å². The van der Waals surface area contributed by atoms with Crippen LogP contribution in [-0.2, 0) is 4.79 Å². The van der Waals surface area contributed by atoms with Crippen molar-refractivity contribution in [3.8, 4) is 0 Å². The van der Waals surface area contributed by atoms with Crippen molar-refractivity contribution >= 4 is 12.0 Å². The van der Waals surface area contributed by atoms with E-state index in [9.17, 15) is 9.59 Å². The lowest BCUT2D eigenvalue weighted by Gasteiger charge is -2.38. The summed E-state index contributed by atoms with van der Waals surface area (Å²) < 4.78 is 0. The van der Waals surface area contributed by atoms with Crippen molar-refractivity contribution in [3.05, 3.63) is 0 Å². The quantitative estimate of drug-likeness (QED) is 0.770. The topological polar surface area (TPSA) is 81.1 Å². The molecule has 2 aliphatic rings. The minimum Gasteiger partial charge on any atom is -0.481 e. The van der Waals surface area contributed by atoms with Crippen LogP contribution >= 0.6 is 0 Å². The fourth-order valence-electron chi connectivity index (χ4n) is 2.86. The smallest absolute Gasteiger partial charge is 0.320 e. The van der Waals surface area contributed by atoms with Gasteiger partial charge in [0.1, 0.15) is 0 Å². The number of carboxylic acid groups (broad SMARTS) is 1. The maximum Gasteiger partial charge on any atom is 0.320 e. The summed E-state index contributed by atoms with van der Waals surface area (Å²) in [6.07, 6.45) is 3.08. The number of aliphatic hydroxyl groups is 1. The van der Waals surface area contributed by atoms with E-state index in [1.165, 1.54) is 0 Å². The van der Waals surface area contributed by atoms with Crippen LogP contribution in [0.3, 0.4) is 0 Å². The first-order chi connectivity index (χ1) is 9.11. The van der Waals surface area contributed by atoms with Crippen LogP contribution in [-0.4, -0.2) is 64.8 Å². The number of rotatable bonds is 2. The predicted octanol–water partition coefficient (Wildman–Crippen LogP) is 0.607. The Bertz CT molecular complexity index is 340. The highest BCUT2D eigenvalue weighted by Gasteiger charge is 2.31. The summed E-state index contributed by atoms with van der Waals surface area (Å²) in [7, 11) is 0. The highest BCUT2D eigenvalue weighted by atomic mass is 16.4. The van der Waals surface area contributed by atoms with Gasteiger partial charge in [0.2, 0.25) is 0 Å². The number of hydrogen-bond donors (Lipinski definition) is 2. The Hall–Kier alpha value is -1.30.